The van der Waals surface area contributed by atoms with Crippen LogP contribution in [0.1, 0.15) is 60.1 Å². The lowest BCUT2D eigenvalue weighted by atomic mass is 10.0. The Morgan fingerprint density at radius 3 is 2.30 bits per heavy atom. The van der Waals surface area contributed by atoms with Gasteiger partial charge in [0.1, 0.15) is 5.75 Å². The summed E-state index contributed by atoms with van der Waals surface area (Å²) in [6.45, 7) is 5.42. The van der Waals surface area contributed by atoms with Gasteiger partial charge in [0.25, 0.3) is 5.91 Å². The quantitative estimate of drug-likeness (QED) is 0.781. The molecule has 1 atom stereocenters. The standard InChI is InChI=1S/C23H30N2O2/c1-3-22(19-11-13-21(27-2)14-12-19)24-23(26)20-9-7-18(8-10-20)17-25-15-5-4-6-16-25/h7-14,22H,3-6,15-17H2,1-2H3,(H,24,26). The number of methoxy groups -OCH3 is 1. The molecule has 4 heteroatoms. The monoisotopic (exact) mass is 366 g/mol. The van der Waals surface area contributed by atoms with Crippen LogP contribution >= 0.6 is 0 Å². The van der Waals surface area contributed by atoms with Gasteiger partial charge in [-0.3, -0.25) is 9.69 Å². The van der Waals surface area contributed by atoms with E-state index in [9.17, 15) is 4.79 Å². The summed E-state index contributed by atoms with van der Waals surface area (Å²) < 4.78 is 5.21. The fourth-order valence-corrected chi connectivity index (χ4v) is 3.64. The van der Waals surface area contributed by atoms with Crippen LogP contribution in [0.3, 0.4) is 0 Å². The Kier molecular flexibility index (Phi) is 6.88. The number of ether oxygens (including phenoxy) is 1. The van der Waals surface area contributed by atoms with Gasteiger partial charge in [0, 0.05) is 12.1 Å². The number of carbonyl (C=O) groups is 1. The zero-order chi connectivity index (χ0) is 19.1. The summed E-state index contributed by atoms with van der Waals surface area (Å²) in [4.78, 5) is 15.2. The molecule has 0 bridgehead atoms. The van der Waals surface area contributed by atoms with Crippen LogP contribution in [-0.4, -0.2) is 31.0 Å². The van der Waals surface area contributed by atoms with E-state index >= 15 is 0 Å². The third kappa shape index (κ3) is 5.33. The van der Waals surface area contributed by atoms with Gasteiger partial charge in [-0.2, -0.15) is 0 Å². The number of amides is 1. The van der Waals surface area contributed by atoms with E-state index in [1.54, 1.807) is 7.11 Å². The Hall–Kier alpha value is -2.33. The highest BCUT2D eigenvalue weighted by atomic mass is 16.5. The van der Waals surface area contributed by atoms with Crippen LogP contribution in [0.25, 0.3) is 0 Å². The van der Waals surface area contributed by atoms with E-state index in [1.807, 2.05) is 36.4 Å². The Balaban J connectivity index is 1.60. The first-order valence-electron chi connectivity index (χ1n) is 9.95. The molecular formula is C23H30N2O2. The third-order valence-corrected chi connectivity index (χ3v) is 5.30. The highest BCUT2D eigenvalue weighted by molar-refractivity contribution is 5.94. The van der Waals surface area contributed by atoms with Crippen molar-refractivity contribution in [2.24, 2.45) is 0 Å². The zero-order valence-corrected chi connectivity index (χ0v) is 16.4. The van der Waals surface area contributed by atoms with Crippen molar-refractivity contribution in [1.82, 2.24) is 10.2 Å². The molecule has 4 nitrogen and oxygen atoms in total. The molecule has 0 saturated carbocycles. The molecule has 2 aromatic rings. The second-order valence-corrected chi connectivity index (χ2v) is 7.24. The Morgan fingerprint density at radius 1 is 1.04 bits per heavy atom. The molecule has 0 aromatic heterocycles. The molecule has 1 fully saturated rings. The highest BCUT2D eigenvalue weighted by Gasteiger charge is 2.15. The maximum Gasteiger partial charge on any atom is 0.251 e. The predicted molar refractivity (Wildman–Crippen MR) is 109 cm³/mol. The summed E-state index contributed by atoms with van der Waals surface area (Å²) >= 11 is 0. The van der Waals surface area contributed by atoms with Gasteiger partial charge >= 0.3 is 0 Å². The van der Waals surface area contributed by atoms with Crippen LogP contribution in [0.4, 0.5) is 0 Å². The first-order valence-corrected chi connectivity index (χ1v) is 9.95. The molecular weight excluding hydrogens is 336 g/mol. The predicted octanol–water partition coefficient (Wildman–Crippen LogP) is 4.56. The molecule has 1 unspecified atom stereocenters. The smallest absolute Gasteiger partial charge is 0.251 e. The summed E-state index contributed by atoms with van der Waals surface area (Å²) in [7, 11) is 1.66. The number of carbonyl (C=O) groups excluding carboxylic acids is 1. The van der Waals surface area contributed by atoms with Crippen molar-refractivity contribution in [1.29, 1.82) is 0 Å². The zero-order valence-electron chi connectivity index (χ0n) is 16.4. The molecule has 1 N–H and O–H groups in total. The number of benzene rings is 2. The van der Waals surface area contributed by atoms with E-state index in [1.165, 1.54) is 37.9 Å². The average molecular weight is 367 g/mol. The maximum absolute atomic E-state index is 12.7. The molecule has 0 radical (unpaired) electrons. The topological polar surface area (TPSA) is 41.6 Å². The van der Waals surface area contributed by atoms with Crippen molar-refractivity contribution in [3.63, 3.8) is 0 Å². The van der Waals surface area contributed by atoms with Gasteiger partial charge in [-0.25, -0.2) is 0 Å². The van der Waals surface area contributed by atoms with Gasteiger partial charge in [0.2, 0.25) is 0 Å². The van der Waals surface area contributed by atoms with Crippen molar-refractivity contribution in [3.05, 3.63) is 65.2 Å². The van der Waals surface area contributed by atoms with E-state index in [-0.39, 0.29) is 11.9 Å². The summed E-state index contributed by atoms with van der Waals surface area (Å²) in [5.41, 5.74) is 3.08. The molecule has 1 aliphatic heterocycles. The lowest BCUT2D eigenvalue weighted by Gasteiger charge is -2.26. The highest BCUT2D eigenvalue weighted by Crippen LogP contribution is 2.21. The van der Waals surface area contributed by atoms with Gasteiger partial charge in [-0.05, 0) is 67.7 Å². The van der Waals surface area contributed by atoms with Gasteiger partial charge in [-0.15, -0.1) is 0 Å². The normalized spacial score (nSPS) is 15.9. The first kappa shape index (κ1) is 19.4. The minimum absolute atomic E-state index is 0.00330. The molecule has 1 amide bonds. The van der Waals surface area contributed by atoms with Crippen molar-refractivity contribution < 1.29 is 9.53 Å². The number of nitrogens with one attached hydrogen (secondary N) is 1. The largest absolute Gasteiger partial charge is 0.497 e. The van der Waals surface area contributed by atoms with Crippen LogP contribution in [0, 0.1) is 0 Å². The number of rotatable bonds is 7. The van der Waals surface area contributed by atoms with E-state index in [0.717, 1.165) is 24.3 Å². The van der Waals surface area contributed by atoms with Crippen molar-refractivity contribution >= 4 is 5.91 Å². The number of hydrogen-bond donors (Lipinski definition) is 1. The molecule has 144 valence electrons. The number of piperidine rings is 1. The Bertz CT molecular complexity index is 719. The molecule has 1 heterocycles. The van der Waals surface area contributed by atoms with E-state index < -0.39 is 0 Å². The van der Waals surface area contributed by atoms with Crippen LogP contribution in [-0.2, 0) is 6.54 Å². The van der Waals surface area contributed by atoms with Crippen LogP contribution in [0.2, 0.25) is 0 Å². The van der Waals surface area contributed by atoms with Crippen LogP contribution in [0.15, 0.2) is 48.5 Å². The summed E-state index contributed by atoms with van der Waals surface area (Å²) in [6, 6.07) is 15.9. The molecule has 0 spiro atoms. The lowest BCUT2D eigenvalue weighted by molar-refractivity contribution is 0.0935. The molecule has 1 aliphatic rings. The molecule has 1 saturated heterocycles. The Morgan fingerprint density at radius 2 is 1.70 bits per heavy atom. The van der Waals surface area contributed by atoms with Gasteiger partial charge in [0.15, 0.2) is 0 Å². The molecule has 3 rings (SSSR count). The average Bonchev–Trinajstić information content (AvgIpc) is 2.73. The Labute approximate surface area is 162 Å². The van der Waals surface area contributed by atoms with Gasteiger partial charge in [-0.1, -0.05) is 37.6 Å². The minimum atomic E-state index is -0.0257. The van der Waals surface area contributed by atoms with E-state index in [0.29, 0.717) is 5.56 Å². The van der Waals surface area contributed by atoms with Crippen LogP contribution in [0.5, 0.6) is 5.75 Å². The van der Waals surface area contributed by atoms with Gasteiger partial charge < -0.3 is 10.1 Å². The molecule has 0 aliphatic carbocycles. The summed E-state index contributed by atoms with van der Waals surface area (Å²) in [5.74, 6) is 0.798. The number of hydrogen-bond acceptors (Lipinski definition) is 3. The summed E-state index contributed by atoms with van der Waals surface area (Å²) in [6.07, 6.45) is 4.78. The van der Waals surface area contributed by atoms with Crippen molar-refractivity contribution in [3.8, 4) is 5.75 Å². The number of likely N-dealkylation sites (tertiary alicyclic amines) is 1. The fraction of sp³-hybridized carbons (Fsp3) is 0.435. The number of nitrogens with zero attached hydrogens (tertiary/aromatic N) is 1. The maximum atomic E-state index is 12.7. The van der Waals surface area contributed by atoms with Crippen molar-refractivity contribution in [2.75, 3.05) is 20.2 Å². The fourth-order valence-electron chi connectivity index (χ4n) is 3.64. The first-order chi connectivity index (χ1) is 13.2. The lowest BCUT2D eigenvalue weighted by Crippen LogP contribution is -2.29. The minimum Gasteiger partial charge on any atom is -0.497 e. The van der Waals surface area contributed by atoms with Crippen LogP contribution < -0.4 is 10.1 Å². The second-order valence-electron chi connectivity index (χ2n) is 7.24. The van der Waals surface area contributed by atoms with Crippen molar-refractivity contribution in [2.45, 2.75) is 45.2 Å². The summed E-state index contributed by atoms with van der Waals surface area (Å²) in [5, 5.41) is 3.15. The third-order valence-electron chi connectivity index (χ3n) is 5.30. The molecule has 2 aromatic carbocycles. The SMILES string of the molecule is CCC(NC(=O)c1ccc(CN2CCCCC2)cc1)c1ccc(OC)cc1. The van der Waals surface area contributed by atoms with E-state index in [4.69, 9.17) is 4.74 Å². The second kappa shape index (κ2) is 9.56. The molecule has 27 heavy (non-hydrogen) atoms. The van der Waals surface area contributed by atoms with Gasteiger partial charge in [0.05, 0.1) is 13.2 Å². The van der Waals surface area contributed by atoms with E-state index in [2.05, 4.69) is 29.3 Å².